The molecule has 0 bridgehead atoms. The molecule has 0 fully saturated rings. The van der Waals surface area contributed by atoms with Gasteiger partial charge >= 0.3 is 0 Å². The molecule has 4 N–H and O–H groups in total. The molecule has 1 heterocycles. The number of aromatic amines is 1. The number of anilines is 1. The molecular formula is C24H20ClN5O2S. The predicted molar refractivity (Wildman–Crippen MR) is 134 cm³/mol. The van der Waals surface area contributed by atoms with Crippen LogP contribution in [0.5, 0.6) is 11.5 Å². The van der Waals surface area contributed by atoms with Gasteiger partial charge in [-0.1, -0.05) is 29.8 Å². The molecule has 0 spiro atoms. The first-order valence-corrected chi connectivity index (χ1v) is 11.3. The summed E-state index contributed by atoms with van der Waals surface area (Å²) in [5.41, 5.74) is 7.01. The van der Waals surface area contributed by atoms with Crippen molar-refractivity contribution < 1.29 is 4.74 Å². The van der Waals surface area contributed by atoms with Gasteiger partial charge in [0.1, 0.15) is 11.5 Å². The number of halogens is 1. The van der Waals surface area contributed by atoms with Crippen molar-refractivity contribution in [2.45, 2.75) is 10.6 Å². The zero-order chi connectivity index (χ0) is 23.0. The van der Waals surface area contributed by atoms with Gasteiger partial charge in [0.2, 0.25) is 11.9 Å². The standard InChI is InChI=1S/C24H20ClN5O2S/c25-16-6-12-21(13-7-16)33-15-18-14-22(31)29-24(28-18)30-23(26)27-17-8-10-20(11-9-17)32-19-4-2-1-3-5-19/h1-14H,15H2,(H4,26,27,28,29,30,31). The molecule has 0 aliphatic carbocycles. The highest BCUT2D eigenvalue weighted by Gasteiger charge is 2.04. The number of rotatable bonds is 7. The van der Waals surface area contributed by atoms with Crippen molar-refractivity contribution >= 4 is 41.0 Å². The second-order valence-corrected chi connectivity index (χ2v) is 8.35. The molecule has 0 amide bonds. The van der Waals surface area contributed by atoms with Crippen molar-refractivity contribution in [3.05, 3.63) is 106 Å². The highest BCUT2D eigenvalue weighted by molar-refractivity contribution is 7.98. The maximum atomic E-state index is 12.0. The number of aliphatic imine (C=N–C) groups is 1. The molecule has 166 valence electrons. The highest BCUT2D eigenvalue weighted by Crippen LogP contribution is 2.24. The average molecular weight is 478 g/mol. The Morgan fingerprint density at radius 3 is 2.45 bits per heavy atom. The van der Waals surface area contributed by atoms with E-state index in [0.717, 1.165) is 10.6 Å². The Labute approximate surface area is 199 Å². The number of nitrogens with two attached hydrogens (primary N) is 1. The van der Waals surface area contributed by atoms with Crippen LogP contribution >= 0.6 is 23.4 Å². The lowest BCUT2D eigenvalue weighted by molar-refractivity contribution is 0.483. The molecule has 4 aromatic rings. The SMILES string of the molecule is N/C(=N\c1nc(CSc2ccc(Cl)cc2)cc(=O)[nH]1)Nc1ccc(Oc2ccccc2)cc1. The van der Waals surface area contributed by atoms with E-state index in [1.807, 2.05) is 78.9 Å². The third-order valence-corrected chi connectivity index (χ3v) is 5.61. The molecular weight excluding hydrogens is 458 g/mol. The summed E-state index contributed by atoms with van der Waals surface area (Å²) in [6.45, 7) is 0. The van der Waals surface area contributed by atoms with Crippen LogP contribution in [0.15, 0.2) is 99.6 Å². The lowest BCUT2D eigenvalue weighted by Gasteiger charge is -2.08. The molecule has 9 heteroatoms. The van der Waals surface area contributed by atoms with Crippen LogP contribution in [0.3, 0.4) is 0 Å². The fourth-order valence-electron chi connectivity index (χ4n) is 2.83. The van der Waals surface area contributed by atoms with E-state index in [-0.39, 0.29) is 17.5 Å². The number of nitrogens with one attached hydrogen (secondary N) is 2. The zero-order valence-corrected chi connectivity index (χ0v) is 18.9. The van der Waals surface area contributed by atoms with Crippen LogP contribution in [0, 0.1) is 0 Å². The van der Waals surface area contributed by atoms with E-state index in [4.69, 9.17) is 22.1 Å². The molecule has 0 saturated carbocycles. The number of aromatic nitrogens is 2. The molecule has 4 rings (SSSR count). The summed E-state index contributed by atoms with van der Waals surface area (Å²) in [4.78, 5) is 24.2. The van der Waals surface area contributed by atoms with E-state index in [9.17, 15) is 4.79 Å². The van der Waals surface area contributed by atoms with Crippen LogP contribution in [-0.4, -0.2) is 15.9 Å². The van der Waals surface area contributed by atoms with Gasteiger partial charge in [0.25, 0.3) is 5.56 Å². The van der Waals surface area contributed by atoms with Gasteiger partial charge in [0.05, 0.1) is 5.69 Å². The Kier molecular flexibility index (Phi) is 7.29. The van der Waals surface area contributed by atoms with Crippen molar-refractivity contribution in [2.75, 3.05) is 5.32 Å². The lowest BCUT2D eigenvalue weighted by atomic mass is 10.3. The van der Waals surface area contributed by atoms with Crippen LogP contribution in [0.4, 0.5) is 11.6 Å². The molecule has 33 heavy (non-hydrogen) atoms. The maximum absolute atomic E-state index is 12.0. The normalized spacial score (nSPS) is 11.2. The van der Waals surface area contributed by atoms with E-state index in [1.54, 1.807) is 11.8 Å². The van der Waals surface area contributed by atoms with E-state index >= 15 is 0 Å². The van der Waals surface area contributed by atoms with Crippen molar-refractivity contribution in [1.29, 1.82) is 0 Å². The second-order valence-electron chi connectivity index (χ2n) is 6.86. The van der Waals surface area contributed by atoms with Gasteiger partial charge in [-0.05, 0) is 60.7 Å². The molecule has 0 radical (unpaired) electrons. The van der Waals surface area contributed by atoms with Crippen molar-refractivity contribution in [1.82, 2.24) is 9.97 Å². The van der Waals surface area contributed by atoms with Crippen molar-refractivity contribution in [2.24, 2.45) is 10.7 Å². The van der Waals surface area contributed by atoms with Crippen LogP contribution in [-0.2, 0) is 5.75 Å². The number of thioether (sulfide) groups is 1. The summed E-state index contributed by atoms with van der Waals surface area (Å²) in [7, 11) is 0. The van der Waals surface area contributed by atoms with Gasteiger partial charge in [0, 0.05) is 27.4 Å². The van der Waals surface area contributed by atoms with Crippen LogP contribution in [0.1, 0.15) is 5.69 Å². The number of hydrogen-bond donors (Lipinski definition) is 3. The fourth-order valence-corrected chi connectivity index (χ4v) is 3.75. The summed E-state index contributed by atoms with van der Waals surface area (Å²) in [5.74, 6) is 2.17. The van der Waals surface area contributed by atoms with Gasteiger partial charge in [-0.15, -0.1) is 11.8 Å². The van der Waals surface area contributed by atoms with Gasteiger partial charge in [-0.25, -0.2) is 4.98 Å². The monoisotopic (exact) mass is 477 g/mol. The number of benzene rings is 3. The molecule has 0 saturated heterocycles. The van der Waals surface area contributed by atoms with E-state index in [0.29, 0.717) is 27.9 Å². The highest BCUT2D eigenvalue weighted by atomic mass is 35.5. The fraction of sp³-hybridized carbons (Fsp3) is 0.0417. The molecule has 3 aromatic carbocycles. The van der Waals surface area contributed by atoms with E-state index in [2.05, 4.69) is 20.3 Å². The molecule has 0 atom stereocenters. The third kappa shape index (κ3) is 6.86. The van der Waals surface area contributed by atoms with Crippen LogP contribution in [0.2, 0.25) is 5.02 Å². The Bertz CT molecular complexity index is 1290. The number of para-hydroxylation sites is 1. The van der Waals surface area contributed by atoms with Gasteiger partial charge < -0.3 is 15.8 Å². The summed E-state index contributed by atoms with van der Waals surface area (Å²) in [6.07, 6.45) is 0. The number of nitrogens with zero attached hydrogens (tertiary/aromatic N) is 2. The first kappa shape index (κ1) is 22.4. The maximum Gasteiger partial charge on any atom is 0.252 e. The minimum absolute atomic E-state index is 0.0948. The summed E-state index contributed by atoms with van der Waals surface area (Å²) in [5, 5.41) is 3.65. The third-order valence-electron chi connectivity index (χ3n) is 4.31. The van der Waals surface area contributed by atoms with Crippen LogP contribution < -0.4 is 21.3 Å². The Balaban J connectivity index is 1.39. The molecule has 0 unspecified atom stereocenters. The second kappa shape index (κ2) is 10.7. The summed E-state index contributed by atoms with van der Waals surface area (Å²) < 4.78 is 5.77. The predicted octanol–water partition coefficient (Wildman–Crippen LogP) is 5.57. The minimum Gasteiger partial charge on any atom is -0.457 e. The molecule has 0 aliphatic rings. The van der Waals surface area contributed by atoms with E-state index < -0.39 is 0 Å². The van der Waals surface area contributed by atoms with Crippen molar-refractivity contribution in [3.8, 4) is 11.5 Å². The molecule has 1 aromatic heterocycles. The average Bonchev–Trinajstić information content (AvgIpc) is 2.80. The molecule has 7 nitrogen and oxygen atoms in total. The Hall–Kier alpha value is -3.75. The van der Waals surface area contributed by atoms with Gasteiger partial charge in [0.15, 0.2) is 0 Å². The number of hydrogen-bond acceptors (Lipinski definition) is 5. The number of guanidine groups is 1. The quantitative estimate of drug-likeness (QED) is 0.183. The first-order valence-electron chi connectivity index (χ1n) is 9.96. The van der Waals surface area contributed by atoms with Gasteiger partial charge in [-0.3, -0.25) is 9.78 Å². The minimum atomic E-state index is -0.300. The number of H-pyrrole nitrogens is 1. The Morgan fingerprint density at radius 2 is 1.73 bits per heavy atom. The number of ether oxygens (including phenoxy) is 1. The summed E-state index contributed by atoms with van der Waals surface area (Å²) >= 11 is 7.45. The molecule has 0 aliphatic heterocycles. The summed E-state index contributed by atoms with van der Waals surface area (Å²) in [6, 6.07) is 25.7. The Morgan fingerprint density at radius 1 is 1.03 bits per heavy atom. The lowest BCUT2D eigenvalue weighted by Crippen LogP contribution is -2.22. The van der Waals surface area contributed by atoms with Crippen molar-refractivity contribution in [3.63, 3.8) is 0 Å². The van der Waals surface area contributed by atoms with Crippen LogP contribution in [0.25, 0.3) is 0 Å². The van der Waals surface area contributed by atoms with Gasteiger partial charge in [-0.2, -0.15) is 4.99 Å². The van der Waals surface area contributed by atoms with E-state index in [1.165, 1.54) is 6.07 Å². The first-order chi connectivity index (χ1) is 16.0. The topological polar surface area (TPSA) is 105 Å². The largest absolute Gasteiger partial charge is 0.457 e. The zero-order valence-electron chi connectivity index (χ0n) is 17.4. The smallest absolute Gasteiger partial charge is 0.252 e.